The van der Waals surface area contributed by atoms with Crippen molar-refractivity contribution in [2.45, 2.75) is 0 Å². The van der Waals surface area contributed by atoms with Crippen LogP contribution in [0.25, 0.3) is 0 Å². The van der Waals surface area contributed by atoms with Gasteiger partial charge in [0.25, 0.3) is 11.6 Å². The number of aliphatic hydroxyl groups excluding tert-OH is 1. The number of hydrogen-bond acceptors (Lipinski definition) is 8. The standard InChI is InChI=1S/C15H18N4O6/c1-16-11-4-3-9(19(23)24)7-12(11)17-13-10(15(22)25-2)8-18(5-6-20)14(13)21/h3-4,7,16-17,20H,5-6,8H2,1-2H3. The van der Waals surface area contributed by atoms with Crippen molar-refractivity contribution in [2.75, 3.05) is 44.5 Å². The summed E-state index contributed by atoms with van der Waals surface area (Å²) in [4.78, 5) is 36.1. The second-order valence-electron chi connectivity index (χ2n) is 5.16. The number of benzene rings is 1. The normalized spacial score (nSPS) is 13.9. The van der Waals surface area contributed by atoms with E-state index in [1.807, 2.05) is 0 Å². The molecule has 10 nitrogen and oxygen atoms in total. The quantitative estimate of drug-likeness (QED) is 0.363. The second-order valence-corrected chi connectivity index (χ2v) is 5.16. The third kappa shape index (κ3) is 3.69. The lowest BCUT2D eigenvalue weighted by molar-refractivity contribution is -0.384. The number of methoxy groups -OCH3 is 1. The summed E-state index contributed by atoms with van der Waals surface area (Å²) in [6.45, 7) is -0.220. The van der Waals surface area contributed by atoms with Gasteiger partial charge in [-0.2, -0.15) is 0 Å². The molecule has 0 aliphatic carbocycles. The number of non-ortho nitro benzene ring substituents is 1. The summed E-state index contributed by atoms with van der Waals surface area (Å²) < 4.78 is 4.69. The van der Waals surface area contributed by atoms with Crippen molar-refractivity contribution >= 4 is 28.9 Å². The number of carbonyl (C=O) groups excluding carboxylic acids is 2. The van der Waals surface area contributed by atoms with Gasteiger partial charge in [0.2, 0.25) is 0 Å². The molecule has 3 N–H and O–H groups in total. The Morgan fingerprint density at radius 3 is 2.72 bits per heavy atom. The van der Waals surface area contributed by atoms with Gasteiger partial charge in [-0.3, -0.25) is 14.9 Å². The molecule has 0 saturated carbocycles. The Bertz CT molecular complexity index is 746. The van der Waals surface area contributed by atoms with Gasteiger partial charge in [0.15, 0.2) is 0 Å². The molecule has 0 radical (unpaired) electrons. The summed E-state index contributed by atoms with van der Waals surface area (Å²) in [5.74, 6) is -1.18. The van der Waals surface area contributed by atoms with Crippen LogP contribution >= 0.6 is 0 Å². The van der Waals surface area contributed by atoms with E-state index in [2.05, 4.69) is 10.6 Å². The van der Waals surface area contributed by atoms with Crippen molar-refractivity contribution in [1.29, 1.82) is 0 Å². The Kier molecular flexibility index (Phi) is 5.55. The average Bonchev–Trinajstić information content (AvgIpc) is 2.91. The zero-order chi connectivity index (χ0) is 18.6. The molecule has 0 spiro atoms. The van der Waals surface area contributed by atoms with E-state index in [1.165, 1.54) is 30.2 Å². The summed E-state index contributed by atoms with van der Waals surface area (Å²) in [5.41, 5.74) is 0.675. The number of nitro benzene ring substituents is 1. The number of ether oxygens (including phenoxy) is 1. The molecule has 10 heteroatoms. The average molecular weight is 350 g/mol. The Labute approximate surface area is 143 Å². The third-order valence-corrected chi connectivity index (χ3v) is 3.70. The van der Waals surface area contributed by atoms with Crippen molar-refractivity contribution < 1.29 is 24.4 Å². The Hall–Kier alpha value is -3.14. The number of β-amino-alcohol motifs (C(OH)–C–C–N with tert-alkyl or cyclic N) is 1. The van der Waals surface area contributed by atoms with Crippen LogP contribution in [0.5, 0.6) is 0 Å². The summed E-state index contributed by atoms with van der Waals surface area (Å²) in [7, 11) is 2.81. The van der Waals surface area contributed by atoms with E-state index in [1.54, 1.807) is 7.05 Å². The van der Waals surface area contributed by atoms with E-state index >= 15 is 0 Å². The smallest absolute Gasteiger partial charge is 0.337 e. The highest BCUT2D eigenvalue weighted by atomic mass is 16.6. The fourth-order valence-electron chi connectivity index (χ4n) is 2.45. The molecule has 1 aromatic rings. The fourth-order valence-corrected chi connectivity index (χ4v) is 2.45. The molecular formula is C15H18N4O6. The summed E-state index contributed by atoms with van der Waals surface area (Å²) in [6.07, 6.45) is 0. The van der Waals surface area contributed by atoms with Gasteiger partial charge in [0, 0.05) is 25.7 Å². The van der Waals surface area contributed by atoms with Crippen LogP contribution < -0.4 is 10.6 Å². The molecule has 25 heavy (non-hydrogen) atoms. The SMILES string of the molecule is CNc1ccc([N+](=O)[O-])cc1NC1=C(C(=O)OC)CN(CCO)C1=O. The van der Waals surface area contributed by atoms with Crippen LogP contribution in [0.1, 0.15) is 0 Å². The van der Waals surface area contributed by atoms with Gasteiger partial charge >= 0.3 is 5.97 Å². The number of rotatable bonds is 7. The molecule has 1 amide bonds. The van der Waals surface area contributed by atoms with Gasteiger partial charge in [-0.15, -0.1) is 0 Å². The number of nitrogens with zero attached hydrogens (tertiary/aromatic N) is 2. The van der Waals surface area contributed by atoms with Gasteiger partial charge < -0.3 is 25.4 Å². The van der Waals surface area contributed by atoms with Gasteiger partial charge in [0.05, 0.1) is 42.1 Å². The predicted octanol–water partition coefficient (Wildman–Crippen LogP) is 0.310. The van der Waals surface area contributed by atoms with Crippen molar-refractivity contribution in [3.05, 3.63) is 39.6 Å². The van der Waals surface area contributed by atoms with Crippen LogP contribution in [-0.2, 0) is 14.3 Å². The number of carbonyl (C=O) groups is 2. The molecule has 1 aliphatic rings. The van der Waals surface area contributed by atoms with Gasteiger partial charge in [-0.05, 0) is 6.07 Å². The first-order chi connectivity index (χ1) is 11.9. The van der Waals surface area contributed by atoms with E-state index in [-0.39, 0.29) is 42.3 Å². The lowest BCUT2D eigenvalue weighted by atomic mass is 10.2. The van der Waals surface area contributed by atoms with Crippen LogP contribution in [0.2, 0.25) is 0 Å². The number of hydrogen-bond donors (Lipinski definition) is 3. The first-order valence-electron chi connectivity index (χ1n) is 7.37. The predicted molar refractivity (Wildman–Crippen MR) is 89.0 cm³/mol. The maximum Gasteiger partial charge on any atom is 0.337 e. The molecule has 0 unspecified atom stereocenters. The monoisotopic (exact) mass is 350 g/mol. The molecule has 0 atom stereocenters. The molecule has 2 rings (SSSR count). The maximum atomic E-state index is 12.5. The van der Waals surface area contributed by atoms with Crippen molar-refractivity contribution in [3.63, 3.8) is 0 Å². The lowest BCUT2D eigenvalue weighted by Crippen LogP contribution is -2.31. The molecule has 1 heterocycles. The maximum absolute atomic E-state index is 12.5. The van der Waals surface area contributed by atoms with Crippen LogP contribution in [-0.4, -0.2) is 60.7 Å². The topological polar surface area (TPSA) is 134 Å². The van der Waals surface area contributed by atoms with Gasteiger partial charge in [0.1, 0.15) is 5.70 Å². The molecular weight excluding hydrogens is 332 g/mol. The first kappa shape index (κ1) is 18.2. The summed E-state index contributed by atoms with van der Waals surface area (Å²) in [5, 5.41) is 25.7. The highest BCUT2D eigenvalue weighted by Gasteiger charge is 2.34. The van der Waals surface area contributed by atoms with Crippen molar-refractivity contribution in [3.8, 4) is 0 Å². The van der Waals surface area contributed by atoms with E-state index in [4.69, 9.17) is 9.84 Å². The fraction of sp³-hybridized carbons (Fsp3) is 0.333. The zero-order valence-corrected chi connectivity index (χ0v) is 13.7. The minimum atomic E-state index is -0.687. The minimum absolute atomic E-state index is 0.0157. The number of nitrogens with one attached hydrogen (secondary N) is 2. The number of aliphatic hydroxyl groups is 1. The number of amides is 1. The van der Waals surface area contributed by atoms with Crippen LogP contribution in [0.4, 0.5) is 17.1 Å². The Morgan fingerprint density at radius 1 is 1.44 bits per heavy atom. The van der Waals surface area contributed by atoms with Crippen LogP contribution in [0.15, 0.2) is 29.5 Å². The van der Waals surface area contributed by atoms with E-state index in [0.29, 0.717) is 5.69 Å². The summed E-state index contributed by atoms with van der Waals surface area (Å²) in [6, 6.07) is 4.07. The minimum Gasteiger partial charge on any atom is -0.466 e. The van der Waals surface area contributed by atoms with E-state index in [9.17, 15) is 19.7 Å². The lowest BCUT2D eigenvalue weighted by Gasteiger charge is -2.16. The summed E-state index contributed by atoms with van der Waals surface area (Å²) >= 11 is 0. The zero-order valence-electron chi connectivity index (χ0n) is 13.7. The number of anilines is 2. The molecule has 134 valence electrons. The van der Waals surface area contributed by atoms with Crippen molar-refractivity contribution in [2.24, 2.45) is 0 Å². The van der Waals surface area contributed by atoms with E-state index < -0.39 is 16.8 Å². The molecule has 1 aromatic carbocycles. The van der Waals surface area contributed by atoms with E-state index in [0.717, 1.165) is 0 Å². The third-order valence-electron chi connectivity index (χ3n) is 3.70. The highest BCUT2D eigenvalue weighted by Crippen LogP contribution is 2.30. The highest BCUT2D eigenvalue weighted by molar-refractivity contribution is 6.09. The molecule has 0 aromatic heterocycles. The first-order valence-corrected chi connectivity index (χ1v) is 7.37. The second kappa shape index (κ2) is 7.62. The molecule has 0 bridgehead atoms. The number of esters is 1. The number of nitro groups is 1. The van der Waals surface area contributed by atoms with Gasteiger partial charge in [-0.25, -0.2) is 4.79 Å². The Balaban J connectivity index is 2.44. The largest absolute Gasteiger partial charge is 0.466 e. The van der Waals surface area contributed by atoms with Crippen LogP contribution in [0, 0.1) is 10.1 Å². The molecule has 0 fully saturated rings. The van der Waals surface area contributed by atoms with Crippen LogP contribution in [0.3, 0.4) is 0 Å². The molecule has 0 saturated heterocycles. The molecule has 1 aliphatic heterocycles. The van der Waals surface area contributed by atoms with Gasteiger partial charge in [-0.1, -0.05) is 0 Å². The van der Waals surface area contributed by atoms with Crippen molar-refractivity contribution in [1.82, 2.24) is 4.90 Å². The Morgan fingerprint density at radius 2 is 2.16 bits per heavy atom.